The molecule has 0 aromatic heterocycles. The molecule has 0 heterocycles. The summed E-state index contributed by atoms with van der Waals surface area (Å²) in [6.07, 6.45) is 5.48. The molecule has 0 aliphatic heterocycles. The molecule has 1 aromatic rings. The Bertz CT molecular complexity index is 500. The van der Waals surface area contributed by atoms with Gasteiger partial charge in [0.2, 0.25) is 5.91 Å². The lowest BCUT2D eigenvalue weighted by atomic mass is 9.75. The first-order valence-corrected chi connectivity index (χ1v) is 8.16. The highest BCUT2D eigenvalue weighted by Gasteiger charge is 2.27. The van der Waals surface area contributed by atoms with Gasteiger partial charge in [-0.2, -0.15) is 0 Å². The van der Waals surface area contributed by atoms with Gasteiger partial charge in [-0.25, -0.2) is 0 Å². The second-order valence-electron chi connectivity index (χ2n) is 6.91. The standard InChI is InChI=1S/C18H28N2O2/c1-18(2)11-6-7-14(13-18)19-12-10-17(21)20-15-8-4-5-9-16(15)22-3/h4-5,8-9,14,19H,6-7,10-13H2,1-3H3,(H,20,21)/t14-/m1/s1. The van der Waals surface area contributed by atoms with Gasteiger partial charge in [-0.3, -0.25) is 4.79 Å². The zero-order valence-corrected chi connectivity index (χ0v) is 13.9. The lowest BCUT2D eigenvalue weighted by Crippen LogP contribution is -2.38. The van der Waals surface area contributed by atoms with Gasteiger partial charge >= 0.3 is 0 Å². The Balaban J connectivity index is 1.74. The van der Waals surface area contributed by atoms with E-state index < -0.39 is 0 Å². The Kier molecular flexibility index (Phi) is 5.83. The molecular formula is C18H28N2O2. The summed E-state index contributed by atoms with van der Waals surface area (Å²) in [5.74, 6) is 0.713. The smallest absolute Gasteiger partial charge is 0.225 e. The van der Waals surface area contributed by atoms with Gasteiger partial charge in [-0.1, -0.05) is 32.4 Å². The maximum absolute atomic E-state index is 12.0. The van der Waals surface area contributed by atoms with Crippen LogP contribution in [0.1, 0.15) is 46.0 Å². The number of amides is 1. The summed E-state index contributed by atoms with van der Waals surface area (Å²) in [5, 5.41) is 6.44. The van der Waals surface area contributed by atoms with Gasteiger partial charge in [0, 0.05) is 19.0 Å². The van der Waals surface area contributed by atoms with E-state index in [9.17, 15) is 4.79 Å². The molecule has 0 spiro atoms. The van der Waals surface area contributed by atoms with E-state index >= 15 is 0 Å². The van der Waals surface area contributed by atoms with Crippen molar-refractivity contribution in [1.29, 1.82) is 0 Å². The van der Waals surface area contributed by atoms with Crippen LogP contribution in [-0.4, -0.2) is 25.6 Å². The molecule has 2 rings (SSSR count). The quantitative estimate of drug-likeness (QED) is 0.844. The number of carbonyl (C=O) groups is 1. The summed E-state index contributed by atoms with van der Waals surface area (Å²) in [4.78, 5) is 12.0. The summed E-state index contributed by atoms with van der Waals surface area (Å²) in [6.45, 7) is 5.38. The minimum absolute atomic E-state index is 0.0204. The van der Waals surface area contributed by atoms with Crippen LogP contribution in [0.4, 0.5) is 5.69 Å². The molecule has 1 aromatic carbocycles. The third kappa shape index (κ3) is 5.02. The van der Waals surface area contributed by atoms with Crippen LogP contribution in [0.3, 0.4) is 0 Å². The van der Waals surface area contributed by atoms with E-state index in [1.165, 1.54) is 25.7 Å². The van der Waals surface area contributed by atoms with Crippen LogP contribution >= 0.6 is 0 Å². The van der Waals surface area contributed by atoms with E-state index in [1.807, 2.05) is 24.3 Å². The lowest BCUT2D eigenvalue weighted by molar-refractivity contribution is -0.116. The summed E-state index contributed by atoms with van der Waals surface area (Å²) < 4.78 is 5.24. The highest BCUT2D eigenvalue weighted by Crippen LogP contribution is 2.35. The van der Waals surface area contributed by atoms with Crippen LogP contribution in [0.5, 0.6) is 5.75 Å². The van der Waals surface area contributed by atoms with Crippen LogP contribution in [0.2, 0.25) is 0 Å². The predicted molar refractivity (Wildman–Crippen MR) is 90.3 cm³/mol. The zero-order valence-electron chi connectivity index (χ0n) is 13.9. The van der Waals surface area contributed by atoms with Crippen LogP contribution in [0.15, 0.2) is 24.3 Å². The first-order chi connectivity index (χ1) is 10.5. The summed E-state index contributed by atoms with van der Waals surface area (Å²) in [7, 11) is 1.61. The highest BCUT2D eigenvalue weighted by atomic mass is 16.5. The molecule has 1 aliphatic rings. The van der Waals surface area contributed by atoms with Gasteiger partial charge in [0.05, 0.1) is 12.8 Å². The fourth-order valence-corrected chi connectivity index (χ4v) is 3.22. The molecule has 22 heavy (non-hydrogen) atoms. The van der Waals surface area contributed by atoms with Crippen LogP contribution in [0, 0.1) is 5.41 Å². The Morgan fingerprint density at radius 1 is 1.36 bits per heavy atom. The Labute approximate surface area is 133 Å². The SMILES string of the molecule is COc1ccccc1NC(=O)CCN[C@@H]1CCCC(C)(C)C1. The van der Waals surface area contributed by atoms with Gasteiger partial charge < -0.3 is 15.4 Å². The minimum Gasteiger partial charge on any atom is -0.495 e. The molecule has 122 valence electrons. The summed E-state index contributed by atoms with van der Waals surface area (Å²) in [6, 6.07) is 8.02. The third-order valence-electron chi connectivity index (χ3n) is 4.37. The molecular weight excluding hydrogens is 276 g/mol. The molecule has 0 saturated heterocycles. The first kappa shape index (κ1) is 16.8. The largest absolute Gasteiger partial charge is 0.495 e. The summed E-state index contributed by atoms with van der Waals surface area (Å²) in [5.41, 5.74) is 1.16. The molecule has 1 saturated carbocycles. The number of para-hydroxylation sites is 2. The molecule has 4 heteroatoms. The van der Waals surface area contributed by atoms with Crippen molar-refractivity contribution in [2.45, 2.75) is 52.0 Å². The van der Waals surface area contributed by atoms with Crippen molar-refractivity contribution in [2.75, 3.05) is 19.0 Å². The van der Waals surface area contributed by atoms with Gasteiger partial charge in [-0.15, -0.1) is 0 Å². The number of nitrogens with one attached hydrogen (secondary N) is 2. The molecule has 4 nitrogen and oxygen atoms in total. The van der Waals surface area contributed by atoms with E-state index in [4.69, 9.17) is 4.74 Å². The fraction of sp³-hybridized carbons (Fsp3) is 0.611. The van der Waals surface area contributed by atoms with Crippen molar-refractivity contribution in [3.63, 3.8) is 0 Å². The molecule has 0 unspecified atom stereocenters. The monoisotopic (exact) mass is 304 g/mol. The van der Waals surface area contributed by atoms with E-state index in [1.54, 1.807) is 7.11 Å². The average Bonchev–Trinajstić information content (AvgIpc) is 2.47. The normalized spacial score (nSPS) is 20.4. The molecule has 1 atom stereocenters. The van der Waals surface area contributed by atoms with Crippen molar-refractivity contribution in [3.05, 3.63) is 24.3 Å². The van der Waals surface area contributed by atoms with Crippen LogP contribution < -0.4 is 15.4 Å². The van der Waals surface area contributed by atoms with Gasteiger partial charge in [0.25, 0.3) is 0 Å². The van der Waals surface area contributed by atoms with Crippen LogP contribution in [0.25, 0.3) is 0 Å². The molecule has 0 bridgehead atoms. The number of carbonyl (C=O) groups excluding carboxylic acids is 1. The van der Waals surface area contributed by atoms with Gasteiger partial charge in [-0.05, 0) is 36.8 Å². The number of hydrogen-bond donors (Lipinski definition) is 2. The number of benzene rings is 1. The molecule has 1 amide bonds. The van der Waals surface area contributed by atoms with Gasteiger partial charge in [0.15, 0.2) is 0 Å². The van der Waals surface area contributed by atoms with Crippen molar-refractivity contribution < 1.29 is 9.53 Å². The number of methoxy groups -OCH3 is 1. The van der Waals surface area contributed by atoms with Crippen molar-refractivity contribution in [2.24, 2.45) is 5.41 Å². The number of ether oxygens (including phenoxy) is 1. The third-order valence-corrected chi connectivity index (χ3v) is 4.37. The van der Waals surface area contributed by atoms with Crippen molar-refractivity contribution in [1.82, 2.24) is 5.32 Å². The van der Waals surface area contributed by atoms with E-state index in [0.29, 0.717) is 23.6 Å². The zero-order chi connectivity index (χ0) is 16.0. The number of anilines is 1. The maximum Gasteiger partial charge on any atom is 0.225 e. The average molecular weight is 304 g/mol. The van der Waals surface area contributed by atoms with Crippen molar-refractivity contribution in [3.8, 4) is 5.75 Å². The molecule has 0 radical (unpaired) electrons. The van der Waals surface area contributed by atoms with E-state index in [-0.39, 0.29) is 5.91 Å². The second kappa shape index (κ2) is 7.63. The van der Waals surface area contributed by atoms with E-state index in [0.717, 1.165) is 12.2 Å². The predicted octanol–water partition coefficient (Wildman–Crippen LogP) is 3.58. The Morgan fingerprint density at radius 3 is 2.86 bits per heavy atom. The fourth-order valence-electron chi connectivity index (χ4n) is 3.22. The van der Waals surface area contributed by atoms with Crippen LogP contribution in [-0.2, 0) is 4.79 Å². The summed E-state index contributed by atoms with van der Waals surface area (Å²) >= 11 is 0. The van der Waals surface area contributed by atoms with Crippen molar-refractivity contribution >= 4 is 11.6 Å². The van der Waals surface area contributed by atoms with Gasteiger partial charge in [0.1, 0.15) is 5.75 Å². The lowest BCUT2D eigenvalue weighted by Gasteiger charge is -2.35. The topological polar surface area (TPSA) is 50.4 Å². The Morgan fingerprint density at radius 2 is 2.14 bits per heavy atom. The molecule has 1 fully saturated rings. The Hall–Kier alpha value is -1.55. The number of hydrogen-bond acceptors (Lipinski definition) is 3. The second-order valence-corrected chi connectivity index (χ2v) is 6.91. The molecule has 1 aliphatic carbocycles. The highest BCUT2D eigenvalue weighted by molar-refractivity contribution is 5.92. The number of rotatable bonds is 6. The first-order valence-electron chi connectivity index (χ1n) is 8.16. The maximum atomic E-state index is 12.0. The minimum atomic E-state index is 0.0204. The molecule has 2 N–H and O–H groups in total. The van der Waals surface area contributed by atoms with E-state index in [2.05, 4.69) is 24.5 Å².